The maximum atomic E-state index is 13.1. The van der Waals surface area contributed by atoms with Gasteiger partial charge in [0.25, 0.3) is 11.1 Å². The number of anilines is 2. The van der Waals surface area contributed by atoms with Crippen molar-refractivity contribution in [3.8, 4) is 0 Å². The van der Waals surface area contributed by atoms with Gasteiger partial charge < -0.3 is 39.1 Å². The highest BCUT2D eigenvalue weighted by atomic mass is 35.5. The lowest BCUT2D eigenvalue weighted by Gasteiger charge is -2.29. The van der Waals surface area contributed by atoms with Gasteiger partial charge in [-0.25, -0.2) is 14.4 Å². The molecule has 4 aromatic heterocycles. The second kappa shape index (κ2) is 18.0. The van der Waals surface area contributed by atoms with Crippen LogP contribution in [0.4, 0.5) is 16.3 Å². The summed E-state index contributed by atoms with van der Waals surface area (Å²) in [5.41, 5.74) is 13.0. The number of fused-ring (bicyclic) bond motifs is 2. The van der Waals surface area contributed by atoms with Gasteiger partial charge >= 0.3 is 15.2 Å². The summed E-state index contributed by atoms with van der Waals surface area (Å²) in [5, 5.41) is 0.623. The van der Waals surface area contributed by atoms with Crippen LogP contribution in [0.3, 0.4) is 0 Å². The van der Waals surface area contributed by atoms with E-state index in [-0.39, 0.29) is 67.4 Å². The SMILES string of the molecule is Nc1nc2c(ncn2CCOCP2(=O)OCCC(c3ccc(Cl)cc3)O2)c(=O)[nH]1.Nc1nc2c(ncn2CCOCP2(=O)OCCC(c3ccc(F)cc3)O2)c(=O)[nH]1. The molecule has 20 nitrogen and oxygen atoms in total. The van der Waals surface area contributed by atoms with Crippen molar-refractivity contribution in [2.24, 2.45) is 0 Å². The summed E-state index contributed by atoms with van der Waals surface area (Å²) in [7, 11) is -6.84. The lowest BCUT2D eigenvalue weighted by molar-refractivity contribution is 0.0559. The molecule has 4 unspecified atom stereocenters. The molecule has 0 radical (unpaired) electrons. The number of nitrogens with two attached hydrogens (primary N) is 2. The lowest BCUT2D eigenvalue weighted by atomic mass is 10.1. The van der Waals surface area contributed by atoms with Crippen LogP contribution in [0.5, 0.6) is 0 Å². The smallest absolute Gasteiger partial charge is 0.356 e. The fraction of sp³-hybridized carbons (Fsp3) is 0.353. The van der Waals surface area contributed by atoms with Gasteiger partial charge in [-0.1, -0.05) is 35.9 Å². The molecule has 0 amide bonds. The summed E-state index contributed by atoms with van der Waals surface area (Å²) in [4.78, 5) is 44.5. The first-order valence-electron chi connectivity index (χ1n) is 17.8. The van der Waals surface area contributed by atoms with E-state index in [4.69, 9.17) is 50.6 Å². The van der Waals surface area contributed by atoms with Gasteiger partial charge in [-0.05, 0) is 35.4 Å². The van der Waals surface area contributed by atoms with Crippen LogP contribution < -0.4 is 22.6 Å². The average molecular weight is 863 g/mol. The number of benzene rings is 2. The van der Waals surface area contributed by atoms with E-state index in [9.17, 15) is 23.1 Å². The second-order valence-corrected chi connectivity index (χ2v) is 17.3. The molecule has 58 heavy (non-hydrogen) atoms. The molecule has 8 rings (SSSR count). The van der Waals surface area contributed by atoms with E-state index in [1.807, 2.05) is 12.1 Å². The van der Waals surface area contributed by atoms with E-state index in [2.05, 4.69) is 29.9 Å². The van der Waals surface area contributed by atoms with Crippen molar-refractivity contribution in [1.29, 1.82) is 0 Å². The minimum atomic E-state index is -3.45. The van der Waals surface area contributed by atoms with Crippen LogP contribution in [-0.4, -0.2) is 78.2 Å². The minimum Gasteiger partial charge on any atom is -0.369 e. The van der Waals surface area contributed by atoms with Gasteiger partial charge in [-0.3, -0.25) is 37.7 Å². The van der Waals surface area contributed by atoms with Gasteiger partial charge in [0.15, 0.2) is 22.3 Å². The summed E-state index contributed by atoms with van der Waals surface area (Å²) < 4.78 is 75.1. The number of aromatic amines is 2. The molecule has 2 fully saturated rings. The van der Waals surface area contributed by atoms with Crippen LogP contribution in [-0.2, 0) is 49.8 Å². The third-order valence-corrected chi connectivity index (χ3v) is 12.4. The Balaban J connectivity index is 0.000000177. The second-order valence-electron chi connectivity index (χ2n) is 13.0. The van der Waals surface area contributed by atoms with E-state index in [0.717, 1.165) is 11.1 Å². The summed E-state index contributed by atoms with van der Waals surface area (Å²) >= 11 is 5.91. The molecule has 2 aliphatic heterocycles. The van der Waals surface area contributed by atoms with E-state index >= 15 is 0 Å². The molecule has 4 atom stereocenters. The summed E-state index contributed by atoms with van der Waals surface area (Å²) in [6.07, 6.45) is 2.83. The fourth-order valence-corrected chi connectivity index (χ4v) is 9.27. The maximum Gasteiger partial charge on any atom is 0.356 e. The zero-order chi connectivity index (χ0) is 40.9. The van der Waals surface area contributed by atoms with Gasteiger partial charge in [-0.2, -0.15) is 9.97 Å². The quantitative estimate of drug-likeness (QED) is 0.0942. The molecule has 2 aliphatic rings. The van der Waals surface area contributed by atoms with Crippen LogP contribution in [0.25, 0.3) is 22.3 Å². The normalized spacial score (nSPS) is 22.2. The molecule has 6 heterocycles. The molecule has 0 bridgehead atoms. The largest absolute Gasteiger partial charge is 0.369 e. The number of nitrogens with zero attached hydrogens (tertiary/aromatic N) is 6. The van der Waals surface area contributed by atoms with E-state index in [0.29, 0.717) is 48.9 Å². The summed E-state index contributed by atoms with van der Waals surface area (Å²) in [5.74, 6) is -0.352. The van der Waals surface area contributed by atoms with E-state index in [1.54, 1.807) is 33.4 Å². The molecule has 308 valence electrons. The van der Waals surface area contributed by atoms with Crippen LogP contribution in [0, 0.1) is 5.82 Å². The zero-order valence-electron chi connectivity index (χ0n) is 30.6. The molecular formula is C34H38ClFN10O10P2. The fourth-order valence-electron chi connectivity index (χ4n) is 6.04. The Bertz CT molecular complexity index is 2410. The number of nitrogens with one attached hydrogen (secondary N) is 2. The average Bonchev–Trinajstić information content (AvgIpc) is 3.80. The minimum absolute atomic E-state index is 0.00634. The van der Waals surface area contributed by atoms with Crippen molar-refractivity contribution in [3.63, 3.8) is 0 Å². The highest BCUT2D eigenvalue weighted by molar-refractivity contribution is 7.54. The van der Waals surface area contributed by atoms with Crippen molar-refractivity contribution in [2.75, 3.05) is 50.6 Å². The zero-order valence-corrected chi connectivity index (χ0v) is 33.1. The van der Waals surface area contributed by atoms with Gasteiger partial charge in [0.2, 0.25) is 11.9 Å². The van der Waals surface area contributed by atoms with Crippen LogP contribution in [0.1, 0.15) is 36.2 Å². The third-order valence-electron chi connectivity index (χ3n) is 8.83. The van der Waals surface area contributed by atoms with Gasteiger partial charge in [0.05, 0.1) is 51.3 Å². The van der Waals surface area contributed by atoms with Crippen molar-refractivity contribution < 1.29 is 41.1 Å². The van der Waals surface area contributed by atoms with Gasteiger partial charge in [-0.15, -0.1) is 0 Å². The molecular weight excluding hydrogens is 825 g/mol. The Labute approximate surface area is 333 Å². The summed E-state index contributed by atoms with van der Waals surface area (Å²) in [6.45, 7) is 1.58. The number of imidazole rings is 2. The van der Waals surface area contributed by atoms with Gasteiger partial charge in [0.1, 0.15) is 18.5 Å². The Kier molecular flexibility index (Phi) is 12.8. The monoisotopic (exact) mass is 862 g/mol. The predicted molar refractivity (Wildman–Crippen MR) is 209 cm³/mol. The number of ether oxygens (including phenoxy) is 2. The molecule has 6 aromatic rings. The lowest BCUT2D eigenvalue weighted by Crippen LogP contribution is -2.17. The molecule has 6 N–H and O–H groups in total. The first-order chi connectivity index (χ1) is 27.9. The van der Waals surface area contributed by atoms with Crippen molar-refractivity contribution >= 4 is 61.0 Å². The van der Waals surface area contributed by atoms with E-state index < -0.39 is 32.4 Å². The Hall–Kier alpha value is -4.82. The Morgan fingerprint density at radius 3 is 1.62 bits per heavy atom. The molecule has 0 spiro atoms. The van der Waals surface area contributed by atoms with Crippen LogP contribution >= 0.6 is 26.8 Å². The van der Waals surface area contributed by atoms with E-state index in [1.165, 1.54) is 24.8 Å². The van der Waals surface area contributed by atoms with Crippen molar-refractivity contribution in [3.05, 3.63) is 104 Å². The molecule has 2 aromatic carbocycles. The van der Waals surface area contributed by atoms with Crippen molar-refractivity contribution in [1.82, 2.24) is 39.0 Å². The van der Waals surface area contributed by atoms with Crippen molar-refractivity contribution in [2.45, 2.75) is 38.1 Å². The third kappa shape index (κ3) is 10.1. The number of nitrogen functional groups attached to an aromatic ring is 2. The molecule has 2 saturated heterocycles. The number of aromatic nitrogens is 8. The first kappa shape index (κ1) is 41.3. The molecule has 24 heteroatoms. The highest BCUT2D eigenvalue weighted by Gasteiger charge is 2.36. The number of hydrogen-bond donors (Lipinski definition) is 4. The number of rotatable bonds is 12. The van der Waals surface area contributed by atoms with Crippen LogP contribution in [0.15, 0.2) is 70.8 Å². The number of H-pyrrole nitrogens is 2. The number of hydrogen-bond acceptors (Lipinski definition) is 16. The Morgan fingerprint density at radius 2 is 1.17 bits per heavy atom. The first-order valence-corrected chi connectivity index (χ1v) is 21.6. The summed E-state index contributed by atoms with van der Waals surface area (Å²) in [6, 6.07) is 13.1. The predicted octanol–water partition coefficient (Wildman–Crippen LogP) is 4.89. The van der Waals surface area contributed by atoms with Crippen LogP contribution in [0.2, 0.25) is 5.02 Å². The number of halogens is 2. The maximum absolute atomic E-state index is 13.1. The van der Waals surface area contributed by atoms with Gasteiger partial charge in [0, 0.05) is 31.0 Å². The standard InChI is InChI=1S/C17H19ClN5O5P.C17H19FN5O5P/c2*18-12-3-1-11(2-4-12)13-5-7-27-29(25,28-13)10-26-8-6-23-9-20-14-15(23)21-17(19)22-16(14)24/h2*1-4,9,13H,5-8,10H2,(H3,19,21,22,24). The molecule has 0 saturated carbocycles. The topological polar surface area (TPSA) is 269 Å². The highest BCUT2D eigenvalue weighted by Crippen LogP contribution is 2.57. The Morgan fingerprint density at radius 1 is 0.741 bits per heavy atom. The molecule has 0 aliphatic carbocycles.